The molecule has 0 spiro atoms. The third kappa shape index (κ3) is 2.62. The lowest BCUT2D eigenvalue weighted by Gasteiger charge is -2.12. The van der Waals surface area contributed by atoms with Gasteiger partial charge in [0.05, 0.1) is 11.9 Å². The van der Waals surface area contributed by atoms with Crippen LogP contribution in [0.3, 0.4) is 0 Å². The van der Waals surface area contributed by atoms with E-state index in [1.165, 1.54) is 12.1 Å². The summed E-state index contributed by atoms with van der Waals surface area (Å²) in [7, 11) is 0. The largest absolute Gasteiger partial charge is 0.389 e. The molecule has 3 N–H and O–H groups in total. The van der Waals surface area contributed by atoms with Crippen LogP contribution in [-0.4, -0.2) is 9.97 Å². The highest BCUT2D eigenvalue weighted by Crippen LogP contribution is 2.23. The summed E-state index contributed by atoms with van der Waals surface area (Å²) < 4.78 is 13.2. The Kier molecular flexibility index (Phi) is 3.53. The number of rotatable bonds is 3. The molecule has 1 aromatic carbocycles. The minimum absolute atomic E-state index is 0.272. The fourth-order valence-electron chi connectivity index (χ4n) is 1.58. The number of nitrogens with zero attached hydrogens (tertiary/aromatic N) is 1. The smallest absolute Gasteiger partial charge is 0.125 e. The number of halogens is 1. The summed E-state index contributed by atoms with van der Waals surface area (Å²) in [5, 5.41) is 3.09. The van der Waals surface area contributed by atoms with Crippen molar-refractivity contribution in [1.29, 1.82) is 0 Å². The Morgan fingerprint density at radius 1 is 1.33 bits per heavy atom. The second kappa shape index (κ2) is 5.10. The molecule has 0 saturated carbocycles. The van der Waals surface area contributed by atoms with E-state index in [0.717, 1.165) is 5.56 Å². The minimum atomic E-state index is -0.302. The monoisotopic (exact) mass is 261 g/mol. The van der Waals surface area contributed by atoms with Gasteiger partial charge in [-0.2, -0.15) is 0 Å². The first-order chi connectivity index (χ1) is 8.58. The number of aryl methyl sites for hydroxylation is 1. The summed E-state index contributed by atoms with van der Waals surface area (Å²) in [6.07, 6.45) is 3.22. The molecule has 92 valence electrons. The average Bonchev–Trinajstić information content (AvgIpc) is 2.34. The molecule has 3 nitrogen and oxygen atoms in total. The quantitative estimate of drug-likeness (QED) is 0.834. The molecule has 0 fully saturated rings. The Balaban J connectivity index is 2.40. The first-order valence-electron chi connectivity index (χ1n) is 5.35. The van der Waals surface area contributed by atoms with E-state index in [1.54, 1.807) is 24.5 Å². The first kappa shape index (κ1) is 12.4. The minimum Gasteiger partial charge on any atom is -0.389 e. The lowest BCUT2D eigenvalue weighted by Crippen LogP contribution is -2.12. The predicted octanol–water partition coefficient (Wildman–Crippen LogP) is 2.91. The van der Waals surface area contributed by atoms with Crippen molar-refractivity contribution in [2.24, 2.45) is 5.73 Å². The van der Waals surface area contributed by atoms with Crippen molar-refractivity contribution in [3.05, 3.63) is 53.6 Å². The number of pyridine rings is 1. The van der Waals surface area contributed by atoms with Crippen LogP contribution in [0.4, 0.5) is 15.8 Å². The molecule has 0 aliphatic carbocycles. The second-order valence-corrected chi connectivity index (χ2v) is 4.31. The second-order valence-electron chi connectivity index (χ2n) is 3.87. The van der Waals surface area contributed by atoms with E-state index < -0.39 is 0 Å². The van der Waals surface area contributed by atoms with Gasteiger partial charge in [-0.25, -0.2) is 4.39 Å². The molecule has 0 amide bonds. The van der Waals surface area contributed by atoms with Crippen LogP contribution in [0.15, 0.2) is 36.7 Å². The molecule has 2 aromatic rings. The van der Waals surface area contributed by atoms with Crippen LogP contribution >= 0.6 is 12.2 Å². The van der Waals surface area contributed by atoms with Gasteiger partial charge in [-0.1, -0.05) is 18.3 Å². The van der Waals surface area contributed by atoms with Gasteiger partial charge in [0.2, 0.25) is 0 Å². The van der Waals surface area contributed by atoms with Gasteiger partial charge < -0.3 is 11.1 Å². The van der Waals surface area contributed by atoms with E-state index in [9.17, 15) is 4.39 Å². The van der Waals surface area contributed by atoms with Gasteiger partial charge in [-0.3, -0.25) is 4.98 Å². The zero-order chi connectivity index (χ0) is 13.1. The van der Waals surface area contributed by atoms with Crippen LogP contribution in [-0.2, 0) is 0 Å². The van der Waals surface area contributed by atoms with Crippen LogP contribution in [0.25, 0.3) is 0 Å². The van der Waals surface area contributed by atoms with Crippen LogP contribution in [0.2, 0.25) is 0 Å². The standard InChI is InChI=1S/C13H12FN3S/c1-8-2-3-9(14)6-11(8)17-12-7-16-5-4-10(12)13(15)18/h2-7,17H,1H3,(H2,15,18). The maximum atomic E-state index is 13.2. The first-order valence-corrected chi connectivity index (χ1v) is 5.76. The summed E-state index contributed by atoms with van der Waals surface area (Å²) in [6.45, 7) is 1.89. The number of nitrogens with two attached hydrogens (primary N) is 1. The summed E-state index contributed by atoms with van der Waals surface area (Å²) >= 11 is 4.96. The number of thiocarbonyl (C=S) groups is 1. The highest BCUT2D eigenvalue weighted by Gasteiger charge is 2.07. The third-order valence-electron chi connectivity index (χ3n) is 2.56. The van der Waals surface area contributed by atoms with Crippen molar-refractivity contribution in [3.63, 3.8) is 0 Å². The van der Waals surface area contributed by atoms with Gasteiger partial charge in [0.15, 0.2) is 0 Å². The van der Waals surface area contributed by atoms with E-state index in [1.807, 2.05) is 6.92 Å². The number of hydrogen-bond acceptors (Lipinski definition) is 3. The molecule has 0 aliphatic heterocycles. The lowest BCUT2D eigenvalue weighted by molar-refractivity contribution is 0.628. The third-order valence-corrected chi connectivity index (χ3v) is 2.78. The fraction of sp³-hybridized carbons (Fsp3) is 0.0769. The molecule has 5 heteroatoms. The maximum Gasteiger partial charge on any atom is 0.125 e. The zero-order valence-electron chi connectivity index (χ0n) is 9.77. The van der Waals surface area contributed by atoms with Gasteiger partial charge >= 0.3 is 0 Å². The molecule has 0 radical (unpaired) electrons. The molecular formula is C13H12FN3S. The van der Waals surface area contributed by atoms with E-state index in [4.69, 9.17) is 18.0 Å². The Hall–Kier alpha value is -2.01. The Morgan fingerprint density at radius 3 is 2.83 bits per heavy atom. The Bertz CT molecular complexity index is 599. The van der Waals surface area contributed by atoms with Crippen molar-refractivity contribution < 1.29 is 4.39 Å². The van der Waals surface area contributed by atoms with Crippen molar-refractivity contribution in [1.82, 2.24) is 4.98 Å². The van der Waals surface area contributed by atoms with Gasteiger partial charge in [-0.15, -0.1) is 0 Å². The van der Waals surface area contributed by atoms with Crippen molar-refractivity contribution >= 4 is 28.6 Å². The number of benzene rings is 1. The van der Waals surface area contributed by atoms with Gasteiger partial charge in [0.25, 0.3) is 0 Å². The molecule has 0 saturated heterocycles. The normalized spacial score (nSPS) is 10.1. The number of nitrogens with one attached hydrogen (secondary N) is 1. The number of hydrogen-bond donors (Lipinski definition) is 2. The molecule has 0 bridgehead atoms. The van der Waals surface area contributed by atoms with Crippen molar-refractivity contribution in [2.45, 2.75) is 6.92 Å². The van der Waals surface area contributed by atoms with E-state index in [-0.39, 0.29) is 10.8 Å². The molecule has 0 aliphatic rings. The predicted molar refractivity (Wildman–Crippen MR) is 74.5 cm³/mol. The number of aromatic nitrogens is 1. The molecule has 0 unspecified atom stereocenters. The van der Waals surface area contributed by atoms with Crippen LogP contribution < -0.4 is 11.1 Å². The summed E-state index contributed by atoms with van der Waals surface area (Å²) in [5.41, 5.74) is 8.57. The molecule has 18 heavy (non-hydrogen) atoms. The topological polar surface area (TPSA) is 50.9 Å². The molecule has 2 rings (SSSR count). The zero-order valence-corrected chi connectivity index (χ0v) is 10.6. The van der Waals surface area contributed by atoms with E-state index >= 15 is 0 Å². The van der Waals surface area contributed by atoms with E-state index in [0.29, 0.717) is 16.9 Å². The van der Waals surface area contributed by atoms with Crippen molar-refractivity contribution in [2.75, 3.05) is 5.32 Å². The molecule has 1 aromatic heterocycles. The fourth-order valence-corrected chi connectivity index (χ4v) is 1.76. The lowest BCUT2D eigenvalue weighted by atomic mass is 10.1. The van der Waals surface area contributed by atoms with E-state index in [2.05, 4.69) is 10.3 Å². The summed E-state index contributed by atoms with van der Waals surface area (Å²) in [6, 6.07) is 6.26. The Labute approximate surface area is 110 Å². The highest BCUT2D eigenvalue weighted by atomic mass is 32.1. The highest BCUT2D eigenvalue weighted by molar-refractivity contribution is 7.80. The Morgan fingerprint density at radius 2 is 2.11 bits per heavy atom. The van der Waals surface area contributed by atoms with Crippen LogP contribution in [0.1, 0.15) is 11.1 Å². The molecule has 1 heterocycles. The summed E-state index contributed by atoms with van der Waals surface area (Å²) in [4.78, 5) is 4.28. The summed E-state index contributed by atoms with van der Waals surface area (Å²) in [5.74, 6) is -0.302. The molecular weight excluding hydrogens is 249 g/mol. The van der Waals surface area contributed by atoms with Gasteiger partial charge in [0.1, 0.15) is 10.8 Å². The SMILES string of the molecule is Cc1ccc(F)cc1Nc1cnccc1C(N)=S. The average molecular weight is 261 g/mol. The van der Waals surface area contributed by atoms with Crippen LogP contribution in [0.5, 0.6) is 0 Å². The van der Waals surface area contributed by atoms with Crippen LogP contribution in [0, 0.1) is 12.7 Å². The van der Waals surface area contributed by atoms with Crippen molar-refractivity contribution in [3.8, 4) is 0 Å². The molecule has 0 atom stereocenters. The number of anilines is 2. The van der Waals surface area contributed by atoms with Gasteiger partial charge in [-0.05, 0) is 30.7 Å². The maximum absolute atomic E-state index is 13.2. The van der Waals surface area contributed by atoms with Gasteiger partial charge in [0, 0.05) is 17.4 Å².